The first kappa shape index (κ1) is 22.5. The fourth-order valence-electron chi connectivity index (χ4n) is 4.70. The number of ether oxygens (including phenoxy) is 1. The predicted octanol–water partition coefficient (Wildman–Crippen LogP) is 4.89. The van der Waals surface area contributed by atoms with Crippen LogP contribution < -0.4 is 5.32 Å². The minimum absolute atomic E-state index is 0.0265. The summed E-state index contributed by atoms with van der Waals surface area (Å²) >= 11 is 0. The molecule has 0 unspecified atom stereocenters. The molecule has 3 aromatic carbocycles. The van der Waals surface area contributed by atoms with Crippen molar-refractivity contribution in [2.24, 2.45) is 0 Å². The van der Waals surface area contributed by atoms with Crippen LogP contribution in [0.5, 0.6) is 0 Å². The van der Waals surface area contributed by atoms with Crippen LogP contribution in [-0.4, -0.2) is 48.4 Å². The van der Waals surface area contributed by atoms with E-state index in [0.29, 0.717) is 25.2 Å². The second-order valence-corrected chi connectivity index (χ2v) is 9.28. The first-order valence-corrected chi connectivity index (χ1v) is 12.0. The molecule has 1 N–H and O–H groups in total. The molecule has 1 aliphatic heterocycles. The Labute approximate surface area is 200 Å². The van der Waals surface area contributed by atoms with E-state index in [4.69, 9.17) is 4.74 Å². The van der Waals surface area contributed by atoms with Gasteiger partial charge in [0.15, 0.2) is 5.78 Å². The molecule has 1 amide bonds. The molecular weight excluding hydrogens is 424 g/mol. The molecule has 0 spiro atoms. The largest absolute Gasteiger partial charge is 0.379 e. The van der Waals surface area contributed by atoms with E-state index in [-0.39, 0.29) is 11.7 Å². The van der Waals surface area contributed by atoms with Crippen LogP contribution >= 0.6 is 0 Å². The van der Waals surface area contributed by atoms with Crippen molar-refractivity contribution < 1.29 is 14.3 Å². The molecule has 5 nitrogen and oxygen atoms in total. The van der Waals surface area contributed by atoms with E-state index in [9.17, 15) is 9.59 Å². The summed E-state index contributed by atoms with van der Waals surface area (Å²) in [4.78, 5) is 28.5. The number of nitrogens with one attached hydrogen (secondary N) is 1. The van der Waals surface area contributed by atoms with Crippen LogP contribution in [0.4, 0.5) is 5.69 Å². The van der Waals surface area contributed by atoms with Crippen LogP contribution in [-0.2, 0) is 16.0 Å². The molecule has 5 rings (SSSR count). The third-order valence-electron chi connectivity index (χ3n) is 7.00. The number of aryl methyl sites for hydroxylation is 1. The van der Waals surface area contributed by atoms with Gasteiger partial charge in [0.2, 0.25) is 5.91 Å². The number of hydrogen-bond acceptors (Lipinski definition) is 4. The molecule has 2 fully saturated rings. The van der Waals surface area contributed by atoms with Crippen molar-refractivity contribution in [1.29, 1.82) is 0 Å². The quantitative estimate of drug-likeness (QED) is 0.517. The molecule has 0 radical (unpaired) electrons. The number of Topliss-reactive ketones (excluding diaryl/α,β-unsaturated/α-hetero) is 1. The Morgan fingerprint density at radius 3 is 2.26 bits per heavy atom. The Bertz CT molecular complexity index is 1180. The maximum Gasteiger partial charge on any atom is 0.244 e. The number of amides is 1. The first-order chi connectivity index (χ1) is 16.5. The highest BCUT2D eigenvalue weighted by Gasteiger charge is 2.54. The van der Waals surface area contributed by atoms with Gasteiger partial charge in [0, 0.05) is 30.8 Å². The zero-order chi connectivity index (χ0) is 23.5. The fourth-order valence-corrected chi connectivity index (χ4v) is 4.70. The number of nitrogens with zero attached hydrogens (tertiary/aromatic N) is 1. The molecule has 3 aromatic rings. The summed E-state index contributed by atoms with van der Waals surface area (Å²) in [6, 6.07) is 23.9. The zero-order valence-electron chi connectivity index (χ0n) is 19.5. The van der Waals surface area contributed by atoms with E-state index >= 15 is 0 Å². The summed E-state index contributed by atoms with van der Waals surface area (Å²) < 4.78 is 5.45. The summed E-state index contributed by atoms with van der Waals surface area (Å²) in [7, 11) is 0. The zero-order valence-corrected chi connectivity index (χ0v) is 19.5. The Kier molecular flexibility index (Phi) is 6.31. The lowest BCUT2D eigenvalue weighted by Crippen LogP contribution is -2.51. The number of morpholine rings is 1. The number of ketones is 1. The van der Waals surface area contributed by atoms with Crippen LogP contribution in [0.25, 0.3) is 11.1 Å². The molecule has 1 saturated carbocycles. The third-order valence-corrected chi connectivity index (χ3v) is 7.00. The third kappa shape index (κ3) is 4.67. The van der Waals surface area contributed by atoms with E-state index < -0.39 is 5.54 Å². The second kappa shape index (κ2) is 9.53. The maximum atomic E-state index is 13.2. The minimum Gasteiger partial charge on any atom is -0.379 e. The molecule has 0 aromatic heterocycles. The Morgan fingerprint density at radius 1 is 0.912 bits per heavy atom. The lowest BCUT2D eigenvalue weighted by Gasteiger charge is -2.34. The molecule has 0 atom stereocenters. The van der Waals surface area contributed by atoms with Crippen molar-refractivity contribution >= 4 is 17.4 Å². The van der Waals surface area contributed by atoms with Crippen molar-refractivity contribution in [3.8, 4) is 11.1 Å². The van der Waals surface area contributed by atoms with Gasteiger partial charge in [0.25, 0.3) is 0 Å². The molecule has 1 heterocycles. The average molecular weight is 455 g/mol. The summed E-state index contributed by atoms with van der Waals surface area (Å²) in [6.07, 6.45) is 2.06. The Morgan fingerprint density at radius 2 is 1.59 bits per heavy atom. The van der Waals surface area contributed by atoms with Crippen molar-refractivity contribution in [1.82, 2.24) is 4.90 Å². The van der Waals surface area contributed by atoms with Gasteiger partial charge in [-0.2, -0.15) is 0 Å². The van der Waals surface area contributed by atoms with Crippen molar-refractivity contribution in [3.63, 3.8) is 0 Å². The first-order valence-electron chi connectivity index (χ1n) is 12.0. The number of carbonyl (C=O) groups excluding carboxylic acids is 2. The maximum absolute atomic E-state index is 13.2. The van der Waals surface area contributed by atoms with E-state index in [2.05, 4.69) is 34.5 Å². The van der Waals surface area contributed by atoms with Gasteiger partial charge in [-0.1, -0.05) is 66.7 Å². The molecule has 2 aliphatic rings. The van der Waals surface area contributed by atoms with Gasteiger partial charge in [-0.15, -0.1) is 0 Å². The van der Waals surface area contributed by atoms with E-state index in [1.54, 1.807) is 0 Å². The number of benzene rings is 3. The topological polar surface area (TPSA) is 58.6 Å². The number of hydrogen-bond donors (Lipinski definition) is 1. The average Bonchev–Trinajstić information content (AvgIpc) is 3.69. The highest BCUT2D eigenvalue weighted by Crippen LogP contribution is 2.43. The molecule has 1 aliphatic carbocycles. The van der Waals surface area contributed by atoms with Crippen LogP contribution in [0.1, 0.15) is 34.3 Å². The summed E-state index contributed by atoms with van der Waals surface area (Å²) in [5.74, 6) is 0.0656. The van der Waals surface area contributed by atoms with Gasteiger partial charge >= 0.3 is 0 Å². The van der Waals surface area contributed by atoms with Crippen LogP contribution in [0, 0.1) is 6.92 Å². The normalized spacial score (nSPS) is 17.2. The van der Waals surface area contributed by atoms with Gasteiger partial charge in [0.1, 0.15) is 5.54 Å². The van der Waals surface area contributed by atoms with Gasteiger partial charge in [-0.05, 0) is 48.1 Å². The Hall–Kier alpha value is -3.28. The number of carbonyl (C=O) groups is 2. The SMILES string of the molecule is Cc1ccc(C(=O)Cc2ccc(-c3ccccc3)cc2)cc1NC(=O)C1(N2CCOCC2)CC1. The highest BCUT2D eigenvalue weighted by molar-refractivity contribution is 6.03. The van der Waals surface area contributed by atoms with Gasteiger partial charge in [0.05, 0.1) is 13.2 Å². The van der Waals surface area contributed by atoms with Gasteiger partial charge in [-0.25, -0.2) is 0 Å². The summed E-state index contributed by atoms with van der Waals surface area (Å²) in [5, 5.41) is 3.12. The summed E-state index contributed by atoms with van der Waals surface area (Å²) in [6.45, 7) is 4.87. The number of anilines is 1. The predicted molar refractivity (Wildman–Crippen MR) is 134 cm³/mol. The van der Waals surface area contributed by atoms with Crippen LogP contribution in [0.3, 0.4) is 0 Å². The number of rotatable bonds is 7. The monoisotopic (exact) mass is 454 g/mol. The standard InChI is InChI=1S/C29H30N2O3/c1-21-7-10-25(20-26(21)30-28(33)29(13-14-29)31-15-17-34-18-16-31)27(32)19-22-8-11-24(12-9-22)23-5-3-2-4-6-23/h2-12,20H,13-19H2,1H3,(H,30,33). The van der Waals surface area contributed by atoms with Crippen LogP contribution in [0.2, 0.25) is 0 Å². The van der Waals surface area contributed by atoms with Crippen LogP contribution in [0.15, 0.2) is 72.8 Å². The van der Waals surface area contributed by atoms with Gasteiger partial charge < -0.3 is 10.1 Å². The molecular formula is C29H30N2O3. The lowest BCUT2D eigenvalue weighted by atomic mass is 9.98. The molecule has 5 heteroatoms. The second-order valence-electron chi connectivity index (χ2n) is 9.28. The Balaban J connectivity index is 1.27. The molecule has 0 bridgehead atoms. The minimum atomic E-state index is -0.420. The molecule has 174 valence electrons. The van der Waals surface area contributed by atoms with E-state index in [1.165, 1.54) is 0 Å². The smallest absolute Gasteiger partial charge is 0.244 e. The van der Waals surface area contributed by atoms with E-state index in [1.807, 2.05) is 55.5 Å². The summed E-state index contributed by atoms with van der Waals surface area (Å²) in [5.41, 5.74) is 5.13. The van der Waals surface area contributed by atoms with Crippen molar-refractivity contribution in [2.45, 2.75) is 31.7 Å². The van der Waals surface area contributed by atoms with Gasteiger partial charge in [-0.3, -0.25) is 14.5 Å². The lowest BCUT2D eigenvalue weighted by molar-refractivity contribution is -0.124. The fraction of sp³-hybridized carbons (Fsp3) is 0.310. The highest BCUT2D eigenvalue weighted by atomic mass is 16.5. The molecule has 34 heavy (non-hydrogen) atoms. The van der Waals surface area contributed by atoms with E-state index in [0.717, 1.165) is 53.9 Å². The van der Waals surface area contributed by atoms with Crippen molar-refractivity contribution in [2.75, 3.05) is 31.6 Å². The van der Waals surface area contributed by atoms with Crippen molar-refractivity contribution in [3.05, 3.63) is 89.5 Å². The molecule has 1 saturated heterocycles.